The highest BCUT2D eigenvalue weighted by atomic mass is 16.5. The molecule has 0 amide bonds. The van der Waals surface area contributed by atoms with E-state index in [0.717, 1.165) is 43.6 Å². The molecule has 0 aliphatic carbocycles. The zero-order chi connectivity index (χ0) is 14.1. The van der Waals surface area contributed by atoms with E-state index in [2.05, 4.69) is 20.4 Å². The molecule has 2 aromatic rings. The molecule has 2 atom stereocenters. The molecule has 2 aliphatic rings. The Hall–Kier alpha value is -1.72. The molecule has 0 spiro atoms. The lowest BCUT2D eigenvalue weighted by Crippen LogP contribution is -2.44. The van der Waals surface area contributed by atoms with Crippen LogP contribution in [0.25, 0.3) is 11.4 Å². The Morgan fingerprint density at radius 2 is 2.14 bits per heavy atom. The second-order valence-corrected chi connectivity index (χ2v) is 5.98. The van der Waals surface area contributed by atoms with Crippen molar-refractivity contribution in [3.8, 4) is 11.4 Å². The fourth-order valence-electron chi connectivity index (χ4n) is 3.56. The van der Waals surface area contributed by atoms with E-state index in [9.17, 15) is 0 Å². The van der Waals surface area contributed by atoms with Crippen molar-refractivity contribution in [1.29, 1.82) is 0 Å². The normalized spacial score (nSPS) is 25.9. The molecule has 2 unspecified atom stereocenters. The predicted octanol–water partition coefficient (Wildman–Crippen LogP) is 1.92. The van der Waals surface area contributed by atoms with Gasteiger partial charge in [-0.3, -0.25) is 4.90 Å². The number of hydrogen-bond acceptors (Lipinski definition) is 5. The van der Waals surface area contributed by atoms with E-state index in [1.807, 2.05) is 30.3 Å². The number of fused-ring (bicyclic) bond motifs is 1. The highest BCUT2D eigenvalue weighted by Crippen LogP contribution is 2.27. The van der Waals surface area contributed by atoms with Crippen LogP contribution < -0.4 is 5.32 Å². The van der Waals surface area contributed by atoms with E-state index in [-0.39, 0.29) is 0 Å². The van der Waals surface area contributed by atoms with Gasteiger partial charge >= 0.3 is 0 Å². The number of hydrogen-bond donors (Lipinski definition) is 1. The van der Waals surface area contributed by atoms with Gasteiger partial charge in [0.2, 0.25) is 11.7 Å². The van der Waals surface area contributed by atoms with Crippen LogP contribution in [0.1, 0.15) is 18.7 Å². The largest absolute Gasteiger partial charge is 0.338 e. The minimum absolute atomic E-state index is 0.630. The summed E-state index contributed by atoms with van der Waals surface area (Å²) < 4.78 is 5.45. The lowest BCUT2D eigenvalue weighted by atomic mass is 9.92. The van der Waals surface area contributed by atoms with Gasteiger partial charge in [-0.05, 0) is 31.8 Å². The third-order valence-corrected chi connectivity index (χ3v) is 4.63. The van der Waals surface area contributed by atoms with Gasteiger partial charge < -0.3 is 9.84 Å². The number of nitrogens with one attached hydrogen (secondary N) is 1. The van der Waals surface area contributed by atoms with Gasteiger partial charge in [0.1, 0.15) is 0 Å². The SMILES string of the molecule is c1ccc(-c2noc(CN3CCCC4CNCC43)n2)cc1. The smallest absolute Gasteiger partial charge is 0.241 e. The van der Waals surface area contributed by atoms with Crippen LogP contribution in [-0.4, -0.2) is 40.7 Å². The van der Waals surface area contributed by atoms with Crippen molar-refractivity contribution in [1.82, 2.24) is 20.4 Å². The zero-order valence-corrected chi connectivity index (χ0v) is 12.0. The van der Waals surface area contributed by atoms with E-state index in [1.165, 1.54) is 12.8 Å². The van der Waals surface area contributed by atoms with Crippen LogP contribution in [0.5, 0.6) is 0 Å². The van der Waals surface area contributed by atoms with Gasteiger partial charge in [0.05, 0.1) is 6.54 Å². The lowest BCUT2D eigenvalue weighted by Gasteiger charge is -2.35. The number of rotatable bonds is 3. The number of aromatic nitrogens is 2. The minimum atomic E-state index is 0.630. The molecule has 2 saturated heterocycles. The second kappa shape index (κ2) is 5.58. The summed E-state index contributed by atoms with van der Waals surface area (Å²) in [7, 11) is 0. The molecule has 0 radical (unpaired) electrons. The molecule has 1 aromatic heterocycles. The Bertz CT molecular complexity index is 597. The van der Waals surface area contributed by atoms with E-state index in [1.54, 1.807) is 0 Å². The van der Waals surface area contributed by atoms with Crippen molar-refractivity contribution in [2.45, 2.75) is 25.4 Å². The van der Waals surface area contributed by atoms with Crippen LogP contribution in [0.4, 0.5) is 0 Å². The monoisotopic (exact) mass is 284 g/mol. The van der Waals surface area contributed by atoms with Gasteiger partial charge in [-0.25, -0.2) is 0 Å². The van der Waals surface area contributed by atoms with Gasteiger partial charge in [0.25, 0.3) is 0 Å². The molecular formula is C16H20N4O. The fourth-order valence-corrected chi connectivity index (χ4v) is 3.56. The molecule has 0 bridgehead atoms. The molecule has 5 heteroatoms. The van der Waals surface area contributed by atoms with Crippen molar-refractivity contribution >= 4 is 0 Å². The summed E-state index contributed by atoms with van der Waals surface area (Å²) in [5, 5.41) is 7.61. The number of piperidine rings is 1. The molecule has 110 valence electrons. The first-order chi connectivity index (χ1) is 10.4. The van der Waals surface area contributed by atoms with Crippen LogP contribution in [0, 0.1) is 5.92 Å². The standard InChI is InChI=1S/C16H20N4O/c1-2-5-12(6-3-1)16-18-15(21-19-16)11-20-8-4-7-13-9-17-10-14(13)20/h1-3,5-6,13-14,17H,4,7-11H2. The first-order valence-electron chi connectivity index (χ1n) is 7.73. The van der Waals surface area contributed by atoms with Gasteiger partial charge in [0.15, 0.2) is 0 Å². The van der Waals surface area contributed by atoms with Crippen molar-refractivity contribution in [2.75, 3.05) is 19.6 Å². The lowest BCUT2D eigenvalue weighted by molar-refractivity contribution is 0.104. The highest BCUT2D eigenvalue weighted by Gasteiger charge is 2.35. The van der Waals surface area contributed by atoms with Crippen LogP contribution in [0.15, 0.2) is 34.9 Å². The Labute approximate surface area is 124 Å². The molecule has 3 heterocycles. The molecule has 0 saturated carbocycles. The van der Waals surface area contributed by atoms with E-state index < -0.39 is 0 Å². The molecule has 2 fully saturated rings. The summed E-state index contributed by atoms with van der Waals surface area (Å²) in [4.78, 5) is 7.05. The van der Waals surface area contributed by atoms with Gasteiger partial charge in [-0.2, -0.15) is 4.98 Å². The summed E-state index contributed by atoms with van der Waals surface area (Å²) in [6.07, 6.45) is 2.61. The minimum Gasteiger partial charge on any atom is -0.338 e. The topological polar surface area (TPSA) is 54.2 Å². The first kappa shape index (κ1) is 13.0. The quantitative estimate of drug-likeness (QED) is 0.933. The number of likely N-dealkylation sites (tertiary alicyclic amines) is 1. The predicted molar refractivity (Wildman–Crippen MR) is 79.5 cm³/mol. The van der Waals surface area contributed by atoms with E-state index in [4.69, 9.17) is 4.52 Å². The Morgan fingerprint density at radius 3 is 3.05 bits per heavy atom. The van der Waals surface area contributed by atoms with Crippen molar-refractivity contribution in [2.24, 2.45) is 5.92 Å². The average molecular weight is 284 g/mol. The summed E-state index contributed by atoms with van der Waals surface area (Å²) in [5.74, 6) is 2.19. The van der Waals surface area contributed by atoms with Crippen LogP contribution in [-0.2, 0) is 6.54 Å². The summed E-state index contributed by atoms with van der Waals surface area (Å²) in [6.45, 7) is 4.14. The Balaban J connectivity index is 1.49. The van der Waals surface area contributed by atoms with Crippen molar-refractivity contribution in [3.63, 3.8) is 0 Å². The molecule has 2 aliphatic heterocycles. The average Bonchev–Trinajstić information content (AvgIpc) is 3.17. The second-order valence-electron chi connectivity index (χ2n) is 5.98. The van der Waals surface area contributed by atoms with Gasteiger partial charge in [0, 0.05) is 18.2 Å². The van der Waals surface area contributed by atoms with Gasteiger partial charge in [-0.1, -0.05) is 35.5 Å². The third kappa shape index (κ3) is 2.59. The van der Waals surface area contributed by atoms with Crippen LogP contribution >= 0.6 is 0 Å². The summed E-state index contributed by atoms with van der Waals surface area (Å²) in [5.41, 5.74) is 1.01. The number of nitrogens with zero attached hydrogens (tertiary/aromatic N) is 3. The summed E-state index contributed by atoms with van der Waals surface area (Å²) in [6, 6.07) is 10.6. The zero-order valence-electron chi connectivity index (χ0n) is 12.0. The Morgan fingerprint density at radius 1 is 1.24 bits per heavy atom. The third-order valence-electron chi connectivity index (χ3n) is 4.63. The number of benzene rings is 1. The summed E-state index contributed by atoms with van der Waals surface area (Å²) >= 11 is 0. The maximum absolute atomic E-state index is 5.45. The van der Waals surface area contributed by atoms with Crippen molar-refractivity contribution < 1.29 is 4.52 Å². The van der Waals surface area contributed by atoms with E-state index in [0.29, 0.717) is 11.9 Å². The van der Waals surface area contributed by atoms with Crippen molar-refractivity contribution in [3.05, 3.63) is 36.2 Å². The first-order valence-corrected chi connectivity index (χ1v) is 7.73. The fraction of sp³-hybridized carbons (Fsp3) is 0.500. The van der Waals surface area contributed by atoms with Crippen LogP contribution in [0.3, 0.4) is 0 Å². The Kier molecular flexibility index (Phi) is 3.45. The molecular weight excluding hydrogens is 264 g/mol. The molecule has 4 rings (SSSR count). The highest BCUT2D eigenvalue weighted by molar-refractivity contribution is 5.53. The van der Waals surface area contributed by atoms with E-state index >= 15 is 0 Å². The maximum Gasteiger partial charge on any atom is 0.241 e. The molecule has 5 nitrogen and oxygen atoms in total. The maximum atomic E-state index is 5.45. The molecule has 1 N–H and O–H groups in total. The molecule has 1 aromatic carbocycles. The molecule has 21 heavy (non-hydrogen) atoms. The van der Waals surface area contributed by atoms with Gasteiger partial charge in [-0.15, -0.1) is 0 Å². The van der Waals surface area contributed by atoms with Crippen LogP contribution in [0.2, 0.25) is 0 Å².